The first-order chi connectivity index (χ1) is 13.5. The summed E-state index contributed by atoms with van der Waals surface area (Å²) in [6.07, 6.45) is 1.66. The number of para-hydroxylation sites is 1. The first-order valence-electron chi connectivity index (χ1n) is 8.83. The van der Waals surface area contributed by atoms with Crippen LogP contribution in [0.15, 0.2) is 58.1 Å². The smallest absolute Gasteiger partial charge is 0.307 e. The summed E-state index contributed by atoms with van der Waals surface area (Å²) < 4.78 is 1.94. The van der Waals surface area contributed by atoms with E-state index >= 15 is 0 Å². The van der Waals surface area contributed by atoms with Crippen molar-refractivity contribution in [3.8, 4) is 5.69 Å². The summed E-state index contributed by atoms with van der Waals surface area (Å²) >= 11 is 5.90. The number of fused-ring (bicyclic) bond motifs is 1. The Hall–Kier alpha value is -3.19. The second-order valence-corrected chi connectivity index (χ2v) is 7.01. The van der Waals surface area contributed by atoms with Gasteiger partial charge in [-0.3, -0.25) is 14.2 Å². The fourth-order valence-corrected chi connectivity index (χ4v) is 3.46. The number of carbonyl (C=O) groups excluding carboxylic acids is 1. The van der Waals surface area contributed by atoms with E-state index < -0.39 is 17.2 Å². The maximum atomic E-state index is 13.2. The van der Waals surface area contributed by atoms with Crippen LogP contribution < -0.4 is 16.1 Å². The molecule has 0 N–H and O–H groups in total. The molecule has 1 amide bonds. The minimum atomic E-state index is -0.719. The van der Waals surface area contributed by atoms with E-state index in [0.29, 0.717) is 17.3 Å². The maximum absolute atomic E-state index is 13.2. The number of hydrogen-bond acceptors (Lipinski definition) is 4. The minimum Gasteiger partial charge on any atom is -0.307 e. The third kappa shape index (κ3) is 3.03. The molecule has 3 aromatic rings. The second-order valence-electron chi connectivity index (χ2n) is 6.57. The lowest BCUT2D eigenvalue weighted by Gasteiger charge is -2.29. The number of rotatable bonds is 2. The number of amides is 1. The molecule has 0 unspecified atom stereocenters. The number of aromatic nitrogens is 3. The largest absolute Gasteiger partial charge is 0.351 e. The highest BCUT2D eigenvalue weighted by Crippen LogP contribution is 2.27. The van der Waals surface area contributed by atoms with Gasteiger partial charge in [-0.1, -0.05) is 29.8 Å². The summed E-state index contributed by atoms with van der Waals surface area (Å²) in [5.74, 6) is -0.518. The molecule has 7 nitrogen and oxygen atoms in total. The highest BCUT2D eigenvalue weighted by Gasteiger charge is 2.28. The standard InChI is InChI=1S/C20H17ClN4O3/c1-23-18(26)17(22-25(20(23)28)15-10-8-14(21)9-11-15)19(27)24-12-4-6-13-5-2-3-7-16(13)24/h2-3,5,7-11H,4,6,12H2,1H3. The molecule has 4 rings (SSSR count). The maximum Gasteiger partial charge on any atom is 0.351 e. The molecule has 142 valence electrons. The van der Waals surface area contributed by atoms with E-state index in [1.807, 2.05) is 24.3 Å². The molecule has 28 heavy (non-hydrogen) atoms. The number of halogens is 1. The number of nitrogens with zero attached hydrogens (tertiary/aromatic N) is 4. The first kappa shape index (κ1) is 18.2. The molecule has 0 saturated heterocycles. The monoisotopic (exact) mass is 396 g/mol. The van der Waals surface area contributed by atoms with Crippen molar-refractivity contribution in [1.29, 1.82) is 0 Å². The van der Waals surface area contributed by atoms with Gasteiger partial charge in [0.05, 0.1) is 5.69 Å². The lowest BCUT2D eigenvalue weighted by Crippen LogP contribution is -2.46. The predicted octanol–water partition coefficient (Wildman–Crippen LogP) is 2.18. The van der Waals surface area contributed by atoms with Gasteiger partial charge in [-0.05, 0) is 48.7 Å². The van der Waals surface area contributed by atoms with Gasteiger partial charge in [-0.15, -0.1) is 0 Å². The highest BCUT2D eigenvalue weighted by molar-refractivity contribution is 6.30. The topological polar surface area (TPSA) is 77.2 Å². The third-order valence-electron chi connectivity index (χ3n) is 4.80. The molecule has 8 heteroatoms. The SMILES string of the molecule is Cn1c(=O)c(C(=O)N2CCCc3ccccc32)nn(-c2ccc(Cl)cc2)c1=O. The first-order valence-corrected chi connectivity index (χ1v) is 9.21. The second kappa shape index (κ2) is 7.09. The molecule has 0 radical (unpaired) electrons. The fraction of sp³-hybridized carbons (Fsp3) is 0.200. The van der Waals surface area contributed by atoms with E-state index in [1.165, 1.54) is 7.05 Å². The molecule has 0 spiro atoms. The zero-order chi connectivity index (χ0) is 19.8. The van der Waals surface area contributed by atoms with Crippen molar-refractivity contribution >= 4 is 23.2 Å². The molecule has 2 aromatic carbocycles. The number of anilines is 1. The van der Waals surface area contributed by atoms with Gasteiger partial charge in [-0.2, -0.15) is 9.78 Å². The summed E-state index contributed by atoms with van der Waals surface area (Å²) in [6.45, 7) is 0.487. The van der Waals surface area contributed by atoms with Crippen molar-refractivity contribution in [2.75, 3.05) is 11.4 Å². The van der Waals surface area contributed by atoms with Gasteiger partial charge in [0.2, 0.25) is 5.69 Å². The molecular formula is C20H17ClN4O3. The molecule has 0 bridgehead atoms. The Morgan fingerprint density at radius 3 is 2.54 bits per heavy atom. The van der Waals surface area contributed by atoms with Crippen LogP contribution in [-0.4, -0.2) is 26.8 Å². The van der Waals surface area contributed by atoms with Crippen LogP contribution in [0.5, 0.6) is 0 Å². The van der Waals surface area contributed by atoms with Crippen LogP contribution >= 0.6 is 11.6 Å². The van der Waals surface area contributed by atoms with Crippen molar-refractivity contribution in [3.63, 3.8) is 0 Å². The molecular weight excluding hydrogens is 380 g/mol. The van der Waals surface area contributed by atoms with E-state index in [0.717, 1.165) is 33.3 Å². The van der Waals surface area contributed by atoms with Crippen LogP contribution in [0.1, 0.15) is 22.5 Å². The Labute approximate surface area is 165 Å². The molecule has 1 aliphatic heterocycles. The summed E-state index contributed by atoms with van der Waals surface area (Å²) in [5.41, 5.74) is 0.579. The van der Waals surface area contributed by atoms with E-state index in [1.54, 1.807) is 29.2 Å². The zero-order valence-electron chi connectivity index (χ0n) is 15.1. The van der Waals surface area contributed by atoms with Crippen LogP contribution in [0.4, 0.5) is 5.69 Å². The Balaban J connectivity index is 1.85. The van der Waals surface area contributed by atoms with Gasteiger partial charge in [-0.25, -0.2) is 4.79 Å². The van der Waals surface area contributed by atoms with Crippen LogP contribution in [0.3, 0.4) is 0 Å². The Bertz CT molecular complexity index is 1180. The average Bonchev–Trinajstić information content (AvgIpc) is 2.72. The average molecular weight is 397 g/mol. The molecule has 0 fully saturated rings. The van der Waals surface area contributed by atoms with Gasteiger partial charge >= 0.3 is 5.69 Å². The normalized spacial score (nSPS) is 13.3. The Morgan fingerprint density at radius 1 is 1.07 bits per heavy atom. The fourth-order valence-electron chi connectivity index (χ4n) is 3.33. The van der Waals surface area contributed by atoms with E-state index in [2.05, 4.69) is 5.10 Å². The summed E-state index contributed by atoms with van der Waals surface area (Å²) in [5, 5.41) is 4.62. The third-order valence-corrected chi connectivity index (χ3v) is 5.06. The zero-order valence-corrected chi connectivity index (χ0v) is 15.9. The van der Waals surface area contributed by atoms with Crippen molar-refractivity contribution in [2.24, 2.45) is 7.05 Å². The summed E-state index contributed by atoms with van der Waals surface area (Å²) in [7, 11) is 1.33. The van der Waals surface area contributed by atoms with Gasteiger partial charge in [0.15, 0.2) is 0 Å². The van der Waals surface area contributed by atoms with Gasteiger partial charge < -0.3 is 4.90 Å². The van der Waals surface area contributed by atoms with Crippen LogP contribution in [0.25, 0.3) is 5.69 Å². The number of hydrogen-bond donors (Lipinski definition) is 0. The minimum absolute atomic E-state index is 0.297. The predicted molar refractivity (Wildman–Crippen MR) is 107 cm³/mol. The van der Waals surface area contributed by atoms with Crippen molar-refractivity contribution in [3.05, 3.63) is 85.6 Å². The van der Waals surface area contributed by atoms with E-state index in [4.69, 9.17) is 11.6 Å². The summed E-state index contributed by atoms with van der Waals surface area (Å²) in [4.78, 5) is 39.9. The molecule has 0 aliphatic carbocycles. The van der Waals surface area contributed by atoms with Crippen LogP contribution in [0, 0.1) is 0 Å². The quantitative estimate of drug-likeness (QED) is 0.665. The molecule has 0 atom stereocenters. The van der Waals surface area contributed by atoms with E-state index in [-0.39, 0.29) is 5.69 Å². The molecule has 2 heterocycles. The lowest BCUT2D eigenvalue weighted by atomic mass is 10.0. The summed E-state index contributed by atoms with van der Waals surface area (Å²) in [6, 6.07) is 14.0. The number of aryl methyl sites for hydroxylation is 1. The van der Waals surface area contributed by atoms with Crippen molar-refractivity contribution in [2.45, 2.75) is 12.8 Å². The van der Waals surface area contributed by atoms with Crippen LogP contribution in [0.2, 0.25) is 5.02 Å². The Kier molecular flexibility index (Phi) is 4.60. The lowest BCUT2D eigenvalue weighted by molar-refractivity contribution is 0.0975. The van der Waals surface area contributed by atoms with Crippen LogP contribution in [-0.2, 0) is 13.5 Å². The van der Waals surface area contributed by atoms with Gasteiger partial charge in [0.1, 0.15) is 0 Å². The highest BCUT2D eigenvalue weighted by atomic mass is 35.5. The van der Waals surface area contributed by atoms with Gasteiger partial charge in [0, 0.05) is 24.3 Å². The Morgan fingerprint density at radius 2 is 1.79 bits per heavy atom. The van der Waals surface area contributed by atoms with Crippen molar-refractivity contribution in [1.82, 2.24) is 14.3 Å². The molecule has 1 aromatic heterocycles. The van der Waals surface area contributed by atoms with E-state index in [9.17, 15) is 14.4 Å². The number of carbonyl (C=O) groups is 1. The molecule has 1 aliphatic rings. The number of benzene rings is 2. The van der Waals surface area contributed by atoms with Crippen molar-refractivity contribution < 1.29 is 4.79 Å². The van der Waals surface area contributed by atoms with Gasteiger partial charge in [0.25, 0.3) is 11.5 Å². The molecule has 0 saturated carbocycles.